The summed E-state index contributed by atoms with van der Waals surface area (Å²) in [6.45, 7) is 1.71. The van der Waals surface area contributed by atoms with Gasteiger partial charge in [-0.05, 0) is 31.2 Å². The lowest BCUT2D eigenvalue weighted by atomic mass is 10.1. The van der Waals surface area contributed by atoms with Crippen LogP contribution in [0, 0.1) is 12.7 Å². The number of rotatable bonds is 5. The summed E-state index contributed by atoms with van der Waals surface area (Å²) in [7, 11) is 1.50. The zero-order chi connectivity index (χ0) is 16.3. The van der Waals surface area contributed by atoms with Gasteiger partial charge in [-0.2, -0.15) is 0 Å². The molecule has 1 aromatic carbocycles. The molecular weight excluding hydrogens is 291 g/mol. The fraction of sp³-hybridized carbons (Fsp3) is 0.200. The van der Waals surface area contributed by atoms with Gasteiger partial charge in [-0.25, -0.2) is 4.39 Å². The number of ether oxygens (including phenoxy) is 1. The quantitative estimate of drug-likeness (QED) is 0.885. The van der Waals surface area contributed by atoms with Gasteiger partial charge in [-0.1, -0.05) is 0 Å². The molecule has 22 heavy (non-hydrogen) atoms. The smallest absolute Gasteiger partial charge is 0.291 e. The van der Waals surface area contributed by atoms with Crippen LogP contribution in [0.2, 0.25) is 0 Å². The van der Waals surface area contributed by atoms with Gasteiger partial charge in [0.2, 0.25) is 5.91 Å². The third kappa shape index (κ3) is 3.32. The first kappa shape index (κ1) is 15.7. The Kier molecular flexibility index (Phi) is 4.57. The van der Waals surface area contributed by atoms with Crippen LogP contribution < -0.4 is 11.1 Å². The maximum absolute atomic E-state index is 13.8. The van der Waals surface area contributed by atoms with Crippen LogP contribution in [0.1, 0.15) is 32.2 Å². The van der Waals surface area contributed by atoms with Gasteiger partial charge in [0.1, 0.15) is 18.2 Å². The van der Waals surface area contributed by atoms with Crippen molar-refractivity contribution in [1.29, 1.82) is 0 Å². The van der Waals surface area contributed by atoms with Gasteiger partial charge in [0.25, 0.3) is 5.91 Å². The number of furan rings is 1. The number of amides is 2. The van der Waals surface area contributed by atoms with Crippen molar-refractivity contribution in [3.8, 4) is 0 Å². The van der Waals surface area contributed by atoms with E-state index in [9.17, 15) is 14.0 Å². The van der Waals surface area contributed by atoms with Crippen LogP contribution in [0.3, 0.4) is 0 Å². The van der Waals surface area contributed by atoms with Crippen molar-refractivity contribution in [2.45, 2.75) is 13.5 Å². The highest BCUT2D eigenvalue weighted by atomic mass is 19.1. The molecule has 7 heteroatoms. The summed E-state index contributed by atoms with van der Waals surface area (Å²) in [4.78, 5) is 23.3. The SMILES string of the molecule is COCc1ccc(C(=O)Nc2cc(C(N)=O)cc(F)c2C)o1. The largest absolute Gasteiger partial charge is 0.453 e. The van der Waals surface area contributed by atoms with E-state index in [0.717, 1.165) is 6.07 Å². The molecule has 1 heterocycles. The molecule has 1 aromatic heterocycles. The Labute approximate surface area is 126 Å². The standard InChI is InChI=1S/C15H15FN2O4/c1-8-11(16)5-9(14(17)19)6-12(8)18-15(20)13-4-3-10(22-13)7-21-2/h3-6H,7H2,1-2H3,(H2,17,19)(H,18,20). The molecule has 6 nitrogen and oxygen atoms in total. The average molecular weight is 306 g/mol. The van der Waals surface area contributed by atoms with Crippen molar-refractivity contribution >= 4 is 17.5 Å². The first-order valence-electron chi connectivity index (χ1n) is 6.41. The number of methoxy groups -OCH3 is 1. The van der Waals surface area contributed by atoms with Crippen molar-refractivity contribution in [2.75, 3.05) is 12.4 Å². The average Bonchev–Trinajstić information content (AvgIpc) is 2.92. The summed E-state index contributed by atoms with van der Waals surface area (Å²) in [5, 5.41) is 2.50. The monoisotopic (exact) mass is 306 g/mol. The van der Waals surface area contributed by atoms with E-state index >= 15 is 0 Å². The first-order valence-corrected chi connectivity index (χ1v) is 6.41. The Morgan fingerprint density at radius 1 is 1.36 bits per heavy atom. The number of anilines is 1. The van der Waals surface area contributed by atoms with E-state index in [4.69, 9.17) is 14.9 Å². The lowest BCUT2D eigenvalue weighted by molar-refractivity contribution is 0.0982. The van der Waals surface area contributed by atoms with E-state index in [2.05, 4.69) is 5.32 Å². The van der Waals surface area contributed by atoms with Gasteiger partial charge in [0, 0.05) is 23.9 Å². The highest BCUT2D eigenvalue weighted by Gasteiger charge is 2.16. The molecule has 0 saturated heterocycles. The molecule has 0 radical (unpaired) electrons. The van der Waals surface area contributed by atoms with Crippen molar-refractivity contribution in [3.63, 3.8) is 0 Å². The van der Waals surface area contributed by atoms with Crippen LogP contribution in [0.25, 0.3) is 0 Å². The van der Waals surface area contributed by atoms with Gasteiger partial charge in [0.15, 0.2) is 5.76 Å². The van der Waals surface area contributed by atoms with Crippen LogP contribution in [-0.2, 0) is 11.3 Å². The Hall–Kier alpha value is -2.67. The number of nitrogens with two attached hydrogens (primary N) is 1. The fourth-order valence-corrected chi connectivity index (χ4v) is 1.85. The molecule has 116 valence electrons. The second-order valence-electron chi connectivity index (χ2n) is 4.65. The molecule has 0 spiro atoms. The molecule has 3 N–H and O–H groups in total. The van der Waals surface area contributed by atoms with Crippen LogP contribution in [0.15, 0.2) is 28.7 Å². The van der Waals surface area contributed by atoms with Gasteiger partial charge in [0.05, 0.1) is 0 Å². The van der Waals surface area contributed by atoms with Gasteiger partial charge in [-0.3, -0.25) is 9.59 Å². The van der Waals surface area contributed by atoms with Crippen molar-refractivity contribution in [2.24, 2.45) is 5.73 Å². The van der Waals surface area contributed by atoms with E-state index in [1.54, 1.807) is 6.07 Å². The highest BCUT2D eigenvalue weighted by molar-refractivity contribution is 6.03. The summed E-state index contributed by atoms with van der Waals surface area (Å²) >= 11 is 0. The minimum absolute atomic E-state index is 0.0297. The number of hydrogen-bond donors (Lipinski definition) is 2. The Bertz CT molecular complexity index is 724. The number of carbonyl (C=O) groups is 2. The number of carbonyl (C=O) groups excluding carboxylic acids is 2. The lowest BCUT2D eigenvalue weighted by Gasteiger charge is -2.09. The van der Waals surface area contributed by atoms with E-state index in [1.807, 2.05) is 0 Å². The normalized spacial score (nSPS) is 10.5. The van der Waals surface area contributed by atoms with E-state index in [0.29, 0.717) is 5.76 Å². The molecule has 0 saturated carbocycles. The molecule has 0 aliphatic rings. The molecule has 0 bridgehead atoms. The van der Waals surface area contributed by atoms with E-state index in [1.165, 1.54) is 26.2 Å². The van der Waals surface area contributed by atoms with E-state index < -0.39 is 17.6 Å². The number of halogens is 1. The van der Waals surface area contributed by atoms with Crippen molar-refractivity contribution in [1.82, 2.24) is 0 Å². The fourth-order valence-electron chi connectivity index (χ4n) is 1.85. The summed E-state index contributed by atoms with van der Waals surface area (Å²) in [6, 6.07) is 5.42. The molecule has 0 unspecified atom stereocenters. The minimum atomic E-state index is -0.783. The molecule has 2 aromatic rings. The predicted molar refractivity (Wildman–Crippen MR) is 77.0 cm³/mol. The third-order valence-corrected chi connectivity index (χ3v) is 3.05. The topological polar surface area (TPSA) is 94.6 Å². The Morgan fingerprint density at radius 2 is 2.09 bits per heavy atom. The number of hydrogen-bond acceptors (Lipinski definition) is 4. The maximum atomic E-state index is 13.8. The molecule has 0 fully saturated rings. The van der Waals surface area contributed by atoms with E-state index in [-0.39, 0.29) is 29.2 Å². The summed E-state index contributed by atoms with van der Waals surface area (Å²) < 4.78 is 23.9. The molecule has 2 rings (SSSR count). The van der Waals surface area contributed by atoms with Crippen LogP contribution in [-0.4, -0.2) is 18.9 Å². The lowest BCUT2D eigenvalue weighted by Crippen LogP contribution is -2.16. The van der Waals surface area contributed by atoms with Crippen LogP contribution >= 0.6 is 0 Å². The van der Waals surface area contributed by atoms with Gasteiger partial charge >= 0.3 is 0 Å². The second kappa shape index (κ2) is 6.40. The van der Waals surface area contributed by atoms with Crippen LogP contribution in [0.5, 0.6) is 0 Å². The molecule has 0 aliphatic heterocycles. The zero-order valence-electron chi connectivity index (χ0n) is 12.1. The third-order valence-electron chi connectivity index (χ3n) is 3.05. The zero-order valence-corrected chi connectivity index (χ0v) is 12.1. The highest BCUT2D eigenvalue weighted by Crippen LogP contribution is 2.22. The number of benzene rings is 1. The molecule has 0 atom stereocenters. The predicted octanol–water partition coefficient (Wildman–Crippen LogP) is 2.22. The summed E-state index contributed by atoms with van der Waals surface area (Å²) in [6.07, 6.45) is 0. The van der Waals surface area contributed by atoms with Gasteiger partial charge < -0.3 is 20.2 Å². The molecular formula is C15H15FN2O4. The summed E-state index contributed by atoms with van der Waals surface area (Å²) in [5.41, 5.74) is 5.45. The minimum Gasteiger partial charge on any atom is -0.453 e. The van der Waals surface area contributed by atoms with Crippen LogP contribution in [0.4, 0.5) is 10.1 Å². The Morgan fingerprint density at radius 3 is 2.73 bits per heavy atom. The second-order valence-corrected chi connectivity index (χ2v) is 4.65. The van der Waals surface area contributed by atoms with Gasteiger partial charge in [-0.15, -0.1) is 0 Å². The number of primary amides is 1. The number of nitrogens with one attached hydrogen (secondary N) is 1. The van der Waals surface area contributed by atoms with Crippen molar-refractivity contribution < 1.29 is 23.1 Å². The first-order chi connectivity index (χ1) is 10.4. The summed E-state index contributed by atoms with van der Waals surface area (Å²) in [5.74, 6) is -1.44. The maximum Gasteiger partial charge on any atom is 0.291 e. The Balaban J connectivity index is 2.25. The molecule has 2 amide bonds. The molecule has 0 aliphatic carbocycles. The van der Waals surface area contributed by atoms with Crippen molar-refractivity contribution in [3.05, 3.63) is 52.7 Å².